The third kappa shape index (κ3) is 2.40. The molecule has 0 bridgehead atoms. The van der Waals surface area contributed by atoms with Crippen LogP contribution in [0.4, 0.5) is 5.69 Å². The van der Waals surface area contributed by atoms with Gasteiger partial charge in [0.2, 0.25) is 0 Å². The first kappa shape index (κ1) is 14.2. The highest BCUT2D eigenvalue weighted by Gasteiger charge is 2.20. The molecule has 8 nitrogen and oxygen atoms in total. The van der Waals surface area contributed by atoms with Crippen LogP contribution < -0.4 is 0 Å². The Balaban J connectivity index is 2.50. The zero-order chi connectivity index (χ0) is 14.9. The van der Waals surface area contributed by atoms with Crippen LogP contribution >= 0.6 is 0 Å². The first-order chi connectivity index (χ1) is 9.34. The molecule has 0 radical (unpaired) electrons. The van der Waals surface area contributed by atoms with Crippen molar-refractivity contribution in [2.45, 2.75) is 0 Å². The van der Waals surface area contributed by atoms with E-state index in [-0.39, 0.29) is 5.69 Å². The van der Waals surface area contributed by atoms with Gasteiger partial charge in [0.25, 0.3) is 5.69 Å². The number of rotatable bonds is 4. The molecule has 106 valence electrons. The number of nitro groups is 1. The summed E-state index contributed by atoms with van der Waals surface area (Å²) in [7, 11) is -0.862. The van der Waals surface area contributed by atoms with Crippen LogP contribution in [0.1, 0.15) is 0 Å². The van der Waals surface area contributed by atoms with E-state index in [1.54, 1.807) is 0 Å². The maximum Gasteiger partial charge on any atom is 0.308 e. The number of non-ortho nitro benzene ring substituents is 1. The molecule has 2 rings (SSSR count). The summed E-state index contributed by atoms with van der Waals surface area (Å²) < 4.78 is 26.3. The molecule has 0 spiro atoms. The van der Waals surface area contributed by atoms with Crippen molar-refractivity contribution in [3.8, 4) is 11.3 Å². The van der Waals surface area contributed by atoms with Gasteiger partial charge in [-0.05, 0) is 12.1 Å². The normalized spacial score (nSPS) is 11.8. The van der Waals surface area contributed by atoms with Crippen molar-refractivity contribution in [1.82, 2.24) is 13.3 Å². The summed E-state index contributed by atoms with van der Waals surface area (Å²) in [5, 5.41) is 10.6. The molecule has 0 saturated heterocycles. The SMILES string of the molecule is CN(C)S(=O)(=O)n1cncc1-c1ccc([N+](=O)[O-])cc1. The van der Waals surface area contributed by atoms with E-state index < -0.39 is 15.1 Å². The molecule has 1 aromatic carbocycles. The summed E-state index contributed by atoms with van der Waals surface area (Å²) in [6.45, 7) is 0. The van der Waals surface area contributed by atoms with Gasteiger partial charge in [0.05, 0.1) is 16.8 Å². The number of benzene rings is 1. The molecular weight excluding hydrogens is 284 g/mol. The van der Waals surface area contributed by atoms with E-state index in [4.69, 9.17) is 0 Å². The molecule has 0 amide bonds. The zero-order valence-corrected chi connectivity index (χ0v) is 11.6. The van der Waals surface area contributed by atoms with Crippen LogP contribution in [0, 0.1) is 10.1 Å². The molecule has 0 unspecified atom stereocenters. The summed E-state index contributed by atoms with van der Waals surface area (Å²) >= 11 is 0. The van der Waals surface area contributed by atoms with Crippen LogP contribution in [-0.2, 0) is 10.2 Å². The quantitative estimate of drug-likeness (QED) is 0.621. The van der Waals surface area contributed by atoms with Crippen LogP contribution in [0.15, 0.2) is 36.8 Å². The minimum Gasteiger partial charge on any atom is -0.258 e. The first-order valence-electron chi connectivity index (χ1n) is 5.54. The van der Waals surface area contributed by atoms with Crippen LogP contribution in [0.3, 0.4) is 0 Å². The standard InChI is InChI=1S/C11H12N4O4S/c1-13(2)20(18,19)14-8-12-7-11(14)9-3-5-10(6-4-9)15(16)17/h3-8H,1-2H3. The monoisotopic (exact) mass is 296 g/mol. The zero-order valence-electron chi connectivity index (χ0n) is 10.8. The van der Waals surface area contributed by atoms with Gasteiger partial charge in [0.15, 0.2) is 0 Å². The highest BCUT2D eigenvalue weighted by Crippen LogP contribution is 2.23. The van der Waals surface area contributed by atoms with Gasteiger partial charge < -0.3 is 0 Å². The fourth-order valence-corrected chi connectivity index (χ4v) is 2.53. The Hall–Kier alpha value is -2.26. The summed E-state index contributed by atoms with van der Waals surface area (Å²) in [5.74, 6) is 0. The topological polar surface area (TPSA) is 98.3 Å². The second-order valence-corrected chi connectivity index (χ2v) is 6.19. The van der Waals surface area contributed by atoms with E-state index >= 15 is 0 Å². The number of hydrogen-bond donors (Lipinski definition) is 0. The molecule has 0 N–H and O–H groups in total. The largest absolute Gasteiger partial charge is 0.308 e. The highest BCUT2D eigenvalue weighted by atomic mass is 32.2. The van der Waals surface area contributed by atoms with Crippen molar-refractivity contribution in [2.75, 3.05) is 14.1 Å². The molecule has 1 heterocycles. The van der Waals surface area contributed by atoms with E-state index in [2.05, 4.69) is 4.98 Å². The van der Waals surface area contributed by atoms with Crippen LogP contribution in [0.25, 0.3) is 11.3 Å². The Kier molecular flexibility index (Phi) is 3.55. The Morgan fingerprint density at radius 1 is 1.25 bits per heavy atom. The summed E-state index contributed by atoms with van der Waals surface area (Å²) in [4.78, 5) is 13.9. The van der Waals surface area contributed by atoms with E-state index in [1.807, 2.05) is 0 Å². The van der Waals surface area contributed by atoms with Crippen LogP contribution in [0.5, 0.6) is 0 Å². The van der Waals surface area contributed by atoms with Gasteiger partial charge in [-0.3, -0.25) is 10.1 Å². The smallest absolute Gasteiger partial charge is 0.258 e. The van der Waals surface area contributed by atoms with E-state index in [1.165, 1.54) is 50.9 Å². The Bertz CT molecular complexity index is 734. The summed E-state index contributed by atoms with van der Waals surface area (Å²) in [5.41, 5.74) is 0.808. The fraction of sp³-hybridized carbons (Fsp3) is 0.182. The molecule has 0 aliphatic carbocycles. The van der Waals surface area contributed by atoms with Crippen molar-refractivity contribution < 1.29 is 13.3 Å². The molecule has 9 heteroatoms. The molecule has 0 aliphatic rings. The summed E-state index contributed by atoms with van der Waals surface area (Å²) in [6.07, 6.45) is 2.58. The fourth-order valence-electron chi connectivity index (χ4n) is 1.60. The van der Waals surface area contributed by atoms with Crippen LogP contribution in [0.2, 0.25) is 0 Å². The lowest BCUT2D eigenvalue weighted by molar-refractivity contribution is -0.384. The third-order valence-corrected chi connectivity index (χ3v) is 4.40. The molecule has 20 heavy (non-hydrogen) atoms. The van der Waals surface area contributed by atoms with Gasteiger partial charge in [-0.15, -0.1) is 0 Å². The predicted octanol–water partition coefficient (Wildman–Crippen LogP) is 1.11. The lowest BCUT2D eigenvalue weighted by Crippen LogP contribution is -2.28. The second kappa shape index (κ2) is 5.02. The number of imidazole rings is 1. The number of aromatic nitrogens is 2. The van der Waals surface area contributed by atoms with Gasteiger partial charge in [-0.1, -0.05) is 0 Å². The van der Waals surface area contributed by atoms with Gasteiger partial charge in [-0.25, -0.2) is 8.96 Å². The van der Waals surface area contributed by atoms with E-state index in [9.17, 15) is 18.5 Å². The van der Waals surface area contributed by atoms with Crippen molar-refractivity contribution in [1.29, 1.82) is 0 Å². The molecule has 2 aromatic rings. The number of nitrogens with zero attached hydrogens (tertiary/aromatic N) is 4. The van der Waals surface area contributed by atoms with Crippen molar-refractivity contribution in [2.24, 2.45) is 0 Å². The predicted molar refractivity (Wildman–Crippen MR) is 72.3 cm³/mol. The Morgan fingerprint density at radius 3 is 2.35 bits per heavy atom. The lowest BCUT2D eigenvalue weighted by Gasteiger charge is -2.14. The second-order valence-electron chi connectivity index (χ2n) is 4.17. The van der Waals surface area contributed by atoms with Gasteiger partial charge in [0.1, 0.15) is 6.33 Å². The average Bonchev–Trinajstić information content (AvgIpc) is 2.88. The van der Waals surface area contributed by atoms with Gasteiger partial charge >= 0.3 is 10.2 Å². The maximum absolute atomic E-state index is 12.1. The first-order valence-corrected chi connectivity index (χ1v) is 6.94. The van der Waals surface area contributed by atoms with E-state index in [0.29, 0.717) is 11.3 Å². The average molecular weight is 296 g/mol. The molecule has 1 aromatic heterocycles. The molecule has 0 fully saturated rings. The maximum atomic E-state index is 12.1. The summed E-state index contributed by atoms with van der Waals surface area (Å²) in [6, 6.07) is 5.59. The minimum atomic E-state index is -3.69. The Morgan fingerprint density at radius 2 is 1.85 bits per heavy atom. The lowest BCUT2D eigenvalue weighted by atomic mass is 10.1. The number of hydrogen-bond acceptors (Lipinski definition) is 5. The van der Waals surface area contributed by atoms with Gasteiger partial charge in [0, 0.05) is 31.8 Å². The molecular formula is C11H12N4O4S. The molecule has 0 aliphatic heterocycles. The highest BCUT2D eigenvalue weighted by molar-refractivity contribution is 7.87. The van der Waals surface area contributed by atoms with Crippen LogP contribution in [-0.4, -0.2) is 40.7 Å². The third-order valence-electron chi connectivity index (χ3n) is 2.69. The van der Waals surface area contributed by atoms with Crippen molar-refractivity contribution >= 4 is 15.9 Å². The molecule has 0 saturated carbocycles. The number of nitro benzene ring substituents is 1. The Labute approximate surface area is 115 Å². The minimum absolute atomic E-state index is 0.0599. The van der Waals surface area contributed by atoms with Crippen molar-refractivity contribution in [3.63, 3.8) is 0 Å². The van der Waals surface area contributed by atoms with E-state index in [0.717, 1.165) is 8.28 Å². The molecule has 0 atom stereocenters. The van der Waals surface area contributed by atoms with Gasteiger partial charge in [-0.2, -0.15) is 12.7 Å². The van der Waals surface area contributed by atoms with Crippen molar-refractivity contribution in [3.05, 3.63) is 46.9 Å².